The lowest BCUT2D eigenvalue weighted by atomic mass is 10.2. The summed E-state index contributed by atoms with van der Waals surface area (Å²) in [6.45, 7) is 7.60. The Labute approximate surface area is 152 Å². The van der Waals surface area contributed by atoms with E-state index in [0.29, 0.717) is 5.56 Å². The number of hydrogen-bond donors (Lipinski definition) is 1. The number of nitrogens with one attached hydrogen (secondary N) is 1. The molecule has 1 N–H and O–H groups in total. The van der Waals surface area contributed by atoms with Gasteiger partial charge in [-0.25, -0.2) is 4.79 Å². The van der Waals surface area contributed by atoms with E-state index >= 15 is 0 Å². The fourth-order valence-electron chi connectivity index (χ4n) is 2.50. The molecule has 5 nitrogen and oxygen atoms in total. The average Bonchev–Trinajstić information content (AvgIpc) is 3.16. The van der Waals surface area contributed by atoms with Gasteiger partial charge in [-0.3, -0.25) is 4.79 Å². The molecule has 0 unspecified atom stereocenters. The van der Waals surface area contributed by atoms with Gasteiger partial charge < -0.3 is 15.0 Å². The number of rotatable bonds is 8. The van der Waals surface area contributed by atoms with Gasteiger partial charge in [0.25, 0.3) is 5.91 Å². The number of ether oxygens (including phenoxy) is 1. The predicted molar refractivity (Wildman–Crippen MR) is 101 cm³/mol. The molecule has 0 fully saturated rings. The van der Waals surface area contributed by atoms with Crippen LogP contribution >= 0.6 is 11.3 Å². The Morgan fingerprint density at radius 1 is 1.16 bits per heavy atom. The van der Waals surface area contributed by atoms with Crippen LogP contribution in [-0.2, 0) is 9.53 Å². The smallest absolute Gasteiger partial charge is 0.338 e. The van der Waals surface area contributed by atoms with Crippen molar-refractivity contribution < 1.29 is 14.3 Å². The molecule has 2 rings (SSSR count). The predicted octanol–water partition coefficient (Wildman–Crippen LogP) is 3.63. The number of nitrogens with zero attached hydrogens (tertiary/aromatic N) is 1. The molecule has 0 saturated carbocycles. The van der Waals surface area contributed by atoms with Crippen molar-refractivity contribution in [1.29, 1.82) is 0 Å². The van der Waals surface area contributed by atoms with Gasteiger partial charge in [0.05, 0.1) is 11.6 Å². The molecule has 1 aromatic heterocycles. The van der Waals surface area contributed by atoms with Crippen LogP contribution in [0.4, 0.5) is 5.69 Å². The van der Waals surface area contributed by atoms with Gasteiger partial charge in [0.1, 0.15) is 0 Å². The van der Waals surface area contributed by atoms with Crippen molar-refractivity contribution in [2.24, 2.45) is 0 Å². The first kappa shape index (κ1) is 19.0. The number of carbonyl (C=O) groups excluding carboxylic acids is 2. The minimum absolute atomic E-state index is 0.0976. The maximum atomic E-state index is 12.1. The second kappa shape index (κ2) is 9.22. The highest BCUT2D eigenvalue weighted by Crippen LogP contribution is 2.18. The Kier molecular flexibility index (Phi) is 7.01. The SMILES string of the molecule is CCN(CC)c1ccc(C(=O)OCC(=O)N[C@H](C)c2cccs2)cc1. The molecule has 25 heavy (non-hydrogen) atoms. The maximum Gasteiger partial charge on any atom is 0.338 e. The molecular weight excluding hydrogens is 336 g/mol. The van der Waals surface area contributed by atoms with Crippen molar-refractivity contribution in [3.8, 4) is 0 Å². The number of esters is 1. The third-order valence-corrected chi connectivity index (χ3v) is 4.97. The normalized spacial score (nSPS) is 11.6. The van der Waals surface area contributed by atoms with Gasteiger partial charge in [-0.1, -0.05) is 6.07 Å². The van der Waals surface area contributed by atoms with Crippen molar-refractivity contribution in [2.45, 2.75) is 26.8 Å². The summed E-state index contributed by atoms with van der Waals surface area (Å²) in [6.07, 6.45) is 0. The number of amides is 1. The van der Waals surface area contributed by atoms with E-state index in [4.69, 9.17) is 4.74 Å². The van der Waals surface area contributed by atoms with E-state index < -0.39 is 5.97 Å². The monoisotopic (exact) mass is 360 g/mol. The Morgan fingerprint density at radius 3 is 2.40 bits per heavy atom. The van der Waals surface area contributed by atoms with Gasteiger partial charge in [0.15, 0.2) is 6.61 Å². The number of carbonyl (C=O) groups is 2. The van der Waals surface area contributed by atoms with Crippen LogP contribution in [0.3, 0.4) is 0 Å². The minimum Gasteiger partial charge on any atom is -0.452 e. The first-order valence-corrected chi connectivity index (χ1v) is 9.28. The zero-order valence-corrected chi connectivity index (χ0v) is 15.6. The van der Waals surface area contributed by atoms with Gasteiger partial charge in [-0.15, -0.1) is 11.3 Å². The highest BCUT2D eigenvalue weighted by molar-refractivity contribution is 7.10. The summed E-state index contributed by atoms with van der Waals surface area (Å²) < 4.78 is 5.10. The molecule has 0 aliphatic heterocycles. The van der Waals surface area contributed by atoms with E-state index in [1.54, 1.807) is 23.5 Å². The number of benzene rings is 1. The van der Waals surface area contributed by atoms with E-state index in [1.807, 2.05) is 36.6 Å². The van der Waals surface area contributed by atoms with E-state index in [-0.39, 0.29) is 18.6 Å². The molecule has 0 spiro atoms. The lowest BCUT2D eigenvalue weighted by Crippen LogP contribution is -2.30. The molecule has 1 amide bonds. The van der Waals surface area contributed by atoms with Crippen molar-refractivity contribution >= 4 is 28.9 Å². The van der Waals surface area contributed by atoms with Gasteiger partial charge >= 0.3 is 5.97 Å². The summed E-state index contributed by atoms with van der Waals surface area (Å²) in [7, 11) is 0. The fraction of sp³-hybridized carbons (Fsp3) is 0.368. The van der Waals surface area contributed by atoms with Gasteiger partial charge in [0.2, 0.25) is 0 Å². The summed E-state index contributed by atoms with van der Waals surface area (Å²) >= 11 is 1.58. The summed E-state index contributed by atoms with van der Waals surface area (Å²) in [5, 5.41) is 4.77. The third-order valence-electron chi connectivity index (χ3n) is 3.91. The Hall–Kier alpha value is -2.34. The Balaban J connectivity index is 1.84. The van der Waals surface area contributed by atoms with Crippen molar-refractivity contribution in [3.63, 3.8) is 0 Å². The highest BCUT2D eigenvalue weighted by Gasteiger charge is 2.14. The van der Waals surface area contributed by atoms with Gasteiger partial charge in [-0.2, -0.15) is 0 Å². The maximum absolute atomic E-state index is 12.1. The lowest BCUT2D eigenvalue weighted by molar-refractivity contribution is -0.124. The molecule has 0 aliphatic rings. The number of hydrogen-bond acceptors (Lipinski definition) is 5. The van der Waals surface area contributed by atoms with Gasteiger partial charge in [0, 0.05) is 23.7 Å². The van der Waals surface area contributed by atoms with Crippen LogP contribution < -0.4 is 10.2 Å². The standard InChI is InChI=1S/C19H24N2O3S/c1-4-21(5-2)16-10-8-15(9-11-16)19(23)24-13-18(22)20-14(3)17-7-6-12-25-17/h6-12,14H,4-5,13H2,1-3H3,(H,20,22)/t14-/m1/s1. The molecule has 2 aromatic rings. The van der Waals surface area contributed by atoms with Crippen LogP contribution in [-0.4, -0.2) is 31.6 Å². The van der Waals surface area contributed by atoms with Crippen molar-refractivity contribution in [3.05, 3.63) is 52.2 Å². The summed E-state index contributed by atoms with van der Waals surface area (Å²) in [4.78, 5) is 27.2. The van der Waals surface area contributed by atoms with Crippen LogP contribution in [0.25, 0.3) is 0 Å². The quantitative estimate of drug-likeness (QED) is 0.731. The Morgan fingerprint density at radius 2 is 1.84 bits per heavy atom. The van der Waals surface area contributed by atoms with Crippen molar-refractivity contribution in [1.82, 2.24) is 5.32 Å². The molecule has 1 aromatic carbocycles. The molecule has 0 saturated heterocycles. The topological polar surface area (TPSA) is 58.6 Å². The van der Waals surface area contributed by atoms with Crippen LogP contribution in [0.15, 0.2) is 41.8 Å². The summed E-state index contributed by atoms with van der Waals surface area (Å²) in [5.41, 5.74) is 1.50. The van der Waals surface area contributed by atoms with E-state index in [0.717, 1.165) is 23.7 Å². The van der Waals surface area contributed by atoms with Crippen LogP contribution in [0, 0.1) is 0 Å². The van der Waals surface area contributed by atoms with Crippen molar-refractivity contribution in [2.75, 3.05) is 24.6 Å². The first-order chi connectivity index (χ1) is 12.0. The zero-order valence-electron chi connectivity index (χ0n) is 14.8. The molecule has 1 atom stereocenters. The first-order valence-electron chi connectivity index (χ1n) is 8.40. The fourth-order valence-corrected chi connectivity index (χ4v) is 3.24. The van der Waals surface area contributed by atoms with Crippen LogP contribution in [0.1, 0.15) is 42.0 Å². The highest BCUT2D eigenvalue weighted by atomic mass is 32.1. The van der Waals surface area contributed by atoms with Gasteiger partial charge in [-0.05, 0) is 56.5 Å². The Bertz CT molecular complexity index is 679. The number of thiophene rings is 1. The van der Waals surface area contributed by atoms with Crippen LogP contribution in [0.5, 0.6) is 0 Å². The zero-order chi connectivity index (χ0) is 18.2. The average molecular weight is 360 g/mol. The molecule has 134 valence electrons. The second-order valence-corrected chi connectivity index (χ2v) is 6.58. The molecule has 0 radical (unpaired) electrons. The van der Waals surface area contributed by atoms with E-state index in [9.17, 15) is 9.59 Å². The largest absolute Gasteiger partial charge is 0.452 e. The molecule has 1 heterocycles. The molecular formula is C19H24N2O3S. The molecule has 0 aliphatic carbocycles. The third kappa shape index (κ3) is 5.32. The number of anilines is 1. The second-order valence-electron chi connectivity index (χ2n) is 5.60. The molecule has 0 bridgehead atoms. The summed E-state index contributed by atoms with van der Waals surface area (Å²) in [6, 6.07) is 11.0. The van der Waals surface area contributed by atoms with Crippen LogP contribution in [0.2, 0.25) is 0 Å². The van der Waals surface area contributed by atoms with E-state index in [2.05, 4.69) is 24.1 Å². The lowest BCUT2D eigenvalue weighted by Gasteiger charge is -2.20. The molecule has 6 heteroatoms. The summed E-state index contributed by atoms with van der Waals surface area (Å²) in [5.74, 6) is -0.806. The van der Waals surface area contributed by atoms with E-state index in [1.165, 1.54) is 0 Å². The minimum atomic E-state index is -0.495.